The predicted molar refractivity (Wildman–Crippen MR) is 105 cm³/mol. The minimum absolute atomic E-state index is 0.0215. The lowest BCUT2D eigenvalue weighted by Crippen LogP contribution is -2.46. The number of hydrogen-bond acceptors (Lipinski definition) is 6. The zero-order valence-corrected chi connectivity index (χ0v) is 15.5. The van der Waals surface area contributed by atoms with Crippen molar-refractivity contribution < 1.29 is 4.92 Å². The van der Waals surface area contributed by atoms with Gasteiger partial charge in [0.15, 0.2) is 0 Å². The number of nitrogens with zero attached hydrogens (tertiary/aromatic N) is 4. The number of benzene rings is 2. The summed E-state index contributed by atoms with van der Waals surface area (Å²) in [6.45, 7) is 4.33. The first-order valence-electron chi connectivity index (χ1n) is 8.36. The van der Waals surface area contributed by atoms with Crippen molar-refractivity contribution in [2.45, 2.75) is 6.54 Å². The summed E-state index contributed by atoms with van der Waals surface area (Å²) < 4.78 is 1.22. The Morgan fingerprint density at radius 3 is 2.62 bits per heavy atom. The van der Waals surface area contributed by atoms with Crippen LogP contribution in [0.5, 0.6) is 0 Å². The maximum atomic E-state index is 10.8. The van der Waals surface area contributed by atoms with Crippen molar-refractivity contribution in [1.82, 2.24) is 9.88 Å². The lowest BCUT2D eigenvalue weighted by Gasteiger charge is -2.36. The van der Waals surface area contributed by atoms with E-state index in [1.807, 2.05) is 18.2 Å². The van der Waals surface area contributed by atoms with E-state index in [2.05, 4.69) is 15.9 Å². The minimum atomic E-state index is -0.425. The molecule has 1 aliphatic rings. The fourth-order valence-electron chi connectivity index (χ4n) is 3.19. The quantitative estimate of drug-likeness (QED) is 0.495. The van der Waals surface area contributed by atoms with Gasteiger partial charge in [0.05, 0.1) is 32.4 Å². The average molecular weight is 389 g/mol. The van der Waals surface area contributed by atoms with Gasteiger partial charge in [0.2, 0.25) is 0 Å². The number of non-ortho nitro benzene ring substituents is 1. The normalized spacial score (nSPS) is 15.5. The van der Waals surface area contributed by atoms with Crippen molar-refractivity contribution >= 4 is 44.5 Å². The third-order valence-electron chi connectivity index (χ3n) is 4.55. The Hall–Kier alpha value is -2.22. The van der Waals surface area contributed by atoms with Crippen molar-refractivity contribution in [2.24, 2.45) is 0 Å². The molecule has 0 radical (unpaired) electrons. The van der Waals surface area contributed by atoms with Gasteiger partial charge in [0.25, 0.3) is 5.69 Å². The highest BCUT2D eigenvalue weighted by Crippen LogP contribution is 2.31. The van der Waals surface area contributed by atoms with Crippen LogP contribution in [-0.2, 0) is 6.54 Å². The molecule has 0 atom stereocenters. The number of piperazine rings is 1. The molecule has 1 fully saturated rings. The summed E-state index contributed by atoms with van der Waals surface area (Å²) in [4.78, 5) is 19.7. The molecule has 26 heavy (non-hydrogen) atoms. The Labute approximate surface area is 159 Å². The minimum Gasteiger partial charge on any atom is -0.368 e. The molecule has 0 spiro atoms. The number of rotatable bonds is 4. The zero-order valence-electron chi connectivity index (χ0n) is 14.0. The number of hydrogen-bond donors (Lipinski definition) is 0. The number of aromatic nitrogens is 1. The summed E-state index contributed by atoms with van der Waals surface area (Å²) in [5.41, 5.74) is 1.94. The molecule has 134 valence electrons. The molecule has 2 heterocycles. The number of nitro benzene ring substituents is 1. The van der Waals surface area contributed by atoms with Crippen LogP contribution >= 0.6 is 22.9 Å². The molecule has 8 heteroatoms. The second-order valence-electron chi connectivity index (χ2n) is 6.23. The molecule has 3 aromatic rings. The fraction of sp³-hybridized carbons (Fsp3) is 0.278. The highest BCUT2D eigenvalue weighted by atomic mass is 35.5. The second kappa shape index (κ2) is 7.19. The van der Waals surface area contributed by atoms with Gasteiger partial charge in [-0.2, -0.15) is 0 Å². The summed E-state index contributed by atoms with van der Waals surface area (Å²) >= 11 is 7.99. The third kappa shape index (κ3) is 3.51. The van der Waals surface area contributed by atoms with Gasteiger partial charge in [-0.3, -0.25) is 15.0 Å². The number of para-hydroxylation sites is 1. The predicted octanol–water partition coefficient (Wildman–Crippen LogP) is 4.18. The van der Waals surface area contributed by atoms with Crippen LogP contribution in [-0.4, -0.2) is 41.0 Å². The topological polar surface area (TPSA) is 62.5 Å². The van der Waals surface area contributed by atoms with Gasteiger partial charge in [-0.25, -0.2) is 4.98 Å². The molecule has 1 aliphatic heterocycles. The maximum absolute atomic E-state index is 10.8. The second-order valence-corrected chi connectivity index (χ2v) is 7.75. The highest BCUT2D eigenvalue weighted by Gasteiger charge is 2.21. The van der Waals surface area contributed by atoms with Gasteiger partial charge in [-0.15, -0.1) is 11.3 Å². The first-order valence-corrected chi connectivity index (χ1v) is 9.55. The number of anilines is 1. The molecular formula is C18H17ClN4O2S. The lowest BCUT2D eigenvalue weighted by molar-refractivity contribution is -0.384. The fourth-order valence-corrected chi connectivity index (χ4v) is 4.50. The molecule has 0 saturated carbocycles. The van der Waals surface area contributed by atoms with Crippen LogP contribution in [0.25, 0.3) is 10.2 Å². The van der Waals surface area contributed by atoms with Crippen molar-refractivity contribution in [3.63, 3.8) is 0 Å². The Balaban J connectivity index is 1.40. The van der Waals surface area contributed by atoms with Gasteiger partial charge in [0, 0.05) is 38.3 Å². The van der Waals surface area contributed by atoms with Gasteiger partial charge in [-0.1, -0.05) is 23.7 Å². The molecule has 0 aliphatic carbocycles. The summed E-state index contributed by atoms with van der Waals surface area (Å²) in [5.74, 6) is 0. The Morgan fingerprint density at radius 2 is 1.92 bits per heavy atom. The molecule has 1 aromatic heterocycles. The number of nitro groups is 1. The van der Waals surface area contributed by atoms with Gasteiger partial charge < -0.3 is 4.90 Å². The Bertz CT molecular complexity index is 920. The average Bonchev–Trinajstić information content (AvgIpc) is 3.04. The van der Waals surface area contributed by atoms with E-state index in [1.54, 1.807) is 17.4 Å². The Morgan fingerprint density at radius 1 is 1.15 bits per heavy atom. The lowest BCUT2D eigenvalue weighted by atomic mass is 10.2. The van der Waals surface area contributed by atoms with Crippen LogP contribution < -0.4 is 4.90 Å². The van der Waals surface area contributed by atoms with Crippen molar-refractivity contribution in [3.05, 3.63) is 62.6 Å². The van der Waals surface area contributed by atoms with Gasteiger partial charge in [-0.05, 0) is 18.2 Å². The van der Waals surface area contributed by atoms with Crippen LogP contribution in [0.15, 0.2) is 42.5 Å². The Kier molecular flexibility index (Phi) is 4.76. The van der Waals surface area contributed by atoms with E-state index in [1.165, 1.54) is 16.8 Å². The zero-order chi connectivity index (χ0) is 18.1. The van der Waals surface area contributed by atoms with Gasteiger partial charge in [0.1, 0.15) is 5.01 Å². The molecule has 0 unspecified atom stereocenters. The molecule has 4 rings (SSSR count). The van der Waals surface area contributed by atoms with E-state index >= 15 is 0 Å². The van der Waals surface area contributed by atoms with Crippen molar-refractivity contribution in [2.75, 3.05) is 31.1 Å². The first-order chi connectivity index (χ1) is 12.6. The van der Waals surface area contributed by atoms with Crippen LogP contribution in [0.4, 0.5) is 11.4 Å². The van der Waals surface area contributed by atoms with Gasteiger partial charge >= 0.3 is 0 Å². The third-order valence-corrected chi connectivity index (χ3v) is 5.88. The molecular weight excluding hydrogens is 372 g/mol. The van der Waals surface area contributed by atoms with Crippen LogP contribution in [0.3, 0.4) is 0 Å². The van der Waals surface area contributed by atoms with Crippen molar-refractivity contribution in [1.29, 1.82) is 0 Å². The van der Waals surface area contributed by atoms with E-state index in [4.69, 9.17) is 16.6 Å². The molecule has 0 amide bonds. The SMILES string of the molecule is O=[N+]([O-])c1ccc(N2CCN(Cc3nc4ccccc4s3)CC2)c(Cl)c1. The summed E-state index contributed by atoms with van der Waals surface area (Å²) in [7, 11) is 0. The molecule has 2 aromatic carbocycles. The molecule has 0 bridgehead atoms. The van der Waals surface area contributed by atoms with Crippen molar-refractivity contribution in [3.8, 4) is 0 Å². The maximum Gasteiger partial charge on any atom is 0.271 e. The van der Waals surface area contributed by atoms with E-state index in [0.29, 0.717) is 5.02 Å². The first kappa shape index (κ1) is 17.2. The van der Waals surface area contributed by atoms with Crippen LogP contribution in [0.2, 0.25) is 5.02 Å². The molecule has 1 saturated heterocycles. The molecule has 6 nitrogen and oxygen atoms in total. The number of fused-ring (bicyclic) bond motifs is 1. The molecule has 0 N–H and O–H groups in total. The van der Waals surface area contributed by atoms with E-state index < -0.39 is 4.92 Å². The van der Waals surface area contributed by atoms with E-state index in [-0.39, 0.29) is 5.69 Å². The number of thiazole rings is 1. The standard InChI is InChI=1S/C18H17ClN4O2S/c19-14-11-13(23(24)25)5-6-16(14)22-9-7-21(8-10-22)12-18-20-15-3-1-2-4-17(15)26-18/h1-6,11H,7-10,12H2. The summed E-state index contributed by atoms with van der Waals surface area (Å²) in [5, 5.41) is 12.4. The van der Waals surface area contributed by atoms with Crippen LogP contribution in [0, 0.1) is 10.1 Å². The van der Waals surface area contributed by atoms with E-state index in [9.17, 15) is 10.1 Å². The smallest absolute Gasteiger partial charge is 0.271 e. The summed E-state index contributed by atoms with van der Waals surface area (Å²) in [6, 6.07) is 12.9. The van der Waals surface area contributed by atoms with E-state index in [0.717, 1.165) is 48.9 Å². The summed E-state index contributed by atoms with van der Waals surface area (Å²) in [6.07, 6.45) is 0. The largest absolute Gasteiger partial charge is 0.368 e. The number of halogens is 1. The highest BCUT2D eigenvalue weighted by molar-refractivity contribution is 7.18. The van der Waals surface area contributed by atoms with Crippen LogP contribution in [0.1, 0.15) is 5.01 Å². The monoisotopic (exact) mass is 388 g/mol.